The van der Waals surface area contributed by atoms with E-state index in [9.17, 15) is 4.79 Å². The molecule has 0 atom stereocenters. The average molecular weight is 245 g/mol. The summed E-state index contributed by atoms with van der Waals surface area (Å²) >= 11 is 0. The summed E-state index contributed by atoms with van der Waals surface area (Å²) in [5.41, 5.74) is 1.84. The van der Waals surface area contributed by atoms with Gasteiger partial charge in [-0.3, -0.25) is 4.79 Å². The summed E-state index contributed by atoms with van der Waals surface area (Å²) in [6, 6.07) is 2.10. The molecule has 0 unspecified atom stereocenters. The van der Waals surface area contributed by atoms with Crippen LogP contribution in [0.25, 0.3) is 0 Å². The molecule has 0 bridgehead atoms. The van der Waals surface area contributed by atoms with Crippen molar-refractivity contribution >= 4 is 17.4 Å². The fourth-order valence-electron chi connectivity index (χ4n) is 2.72. The van der Waals surface area contributed by atoms with Gasteiger partial charge in [-0.25, -0.2) is 4.98 Å². The Labute approximate surface area is 107 Å². The number of pyridine rings is 1. The van der Waals surface area contributed by atoms with Crippen molar-refractivity contribution < 1.29 is 4.79 Å². The number of amides is 1. The largest absolute Gasteiger partial charge is 0.384 e. The van der Waals surface area contributed by atoms with Crippen LogP contribution in [0.4, 0.5) is 11.5 Å². The highest BCUT2D eigenvalue weighted by atomic mass is 16.2. The summed E-state index contributed by atoms with van der Waals surface area (Å²) in [6.45, 7) is 5.27. The number of nitrogens with one attached hydrogen (secondary N) is 2. The first-order chi connectivity index (χ1) is 8.62. The van der Waals surface area contributed by atoms with E-state index >= 15 is 0 Å². The van der Waals surface area contributed by atoms with Crippen molar-refractivity contribution in [1.29, 1.82) is 0 Å². The lowest BCUT2D eigenvalue weighted by Gasteiger charge is -2.35. The molecule has 1 spiro atoms. The molecule has 4 heteroatoms. The fraction of sp³-hybridized carbons (Fsp3) is 0.571. The molecule has 0 saturated heterocycles. The smallest absolute Gasteiger partial charge is 0.236 e. The summed E-state index contributed by atoms with van der Waals surface area (Å²) in [5.74, 6) is 1.49. The van der Waals surface area contributed by atoms with E-state index in [4.69, 9.17) is 0 Å². The van der Waals surface area contributed by atoms with Crippen molar-refractivity contribution in [3.63, 3.8) is 0 Å². The maximum Gasteiger partial charge on any atom is 0.236 e. The van der Waals surface area contributed by atoms with Crippen molar-refractivity contribution in [2.24, 2.45) is 5.92 Å². The van der Waals surface area contributed by atoms with E-state index in [1.807, 2.05) is 0 Å². The minimum Gasteiger partial charge on any atom is -0.384 e. The van der Waals surface area contributed by atoms with Crippen LogP contribution in [-0.4, -0.2) is 17.4 Å². The van der Waals surface area contributed by atoms with E-state index in [2.05, 4.69) is 35.5 Å². The lowest BCUT2D eigenvalue weighted by atomic mass is 9.65. The van der Waals surface area contributed by atoms with Crippen LogP contribution in [-0.2, 0) is 10.2 Å². The molecule has 4 nitrogen and oxygen atoms in total. The second-order valence-electron chi connectivity index (χ2n) is 5.78. The first-order valence-corrected chi connectivity index (χ1v) is 6.68. The van der Waals surface area contributed by atoms with Crippen molar-refractivity contribution in [2.45, 2.75) is 38.5 Å². The molecule has 96 valence electrons. The van der Waals surface area contributed by atoms with Gasteiger partial charge in [-0.1, -0.05) is 20.3 Å². The summed E-state index contributed by atoms with van der Waals surface area (Å²) in [4.78, 5) is 16.4. The number of aromatic nitrogens is 1. The van der Waals surface area contributed by atoms with Gasteiger partial charge in [0.2, 0.25) is 5.91 Å². The van der Waals surface area contributed by atoms with Crippen LogP contribution in [0.15, 0.2) is 12.3 Å². The SMILES string of the molecule is CC(C)CNc1cnc2c(c1)C1(CCC1)C(=O)N2. The highest BCUT2D eigenvalue weighted by Gasteiger charge is 2.51. The van der Waals surface area contributed by atoms with Crippen LogP contribution < -0.4 is 10.6 Å². The molecule has 0 aromatic carbocycles. The molecule has 2 N–H and O–H groups in total. The van der Waals surface area contributed by atoms with Crippen molar-refractivity contribution in [3.05, 3.63) is 17.8 Å². The van der Waals surface area contributed by atoms with E-state index < -0.39 is 0 Å². The van der Waals surface area contributed by atoms with Crippen LogP contribution in [0.2, 0.25) is 0 Å². The monoisotopic (exact) mass is 245 g/mol. The van der Waals surface area contributed by atoms with E-state index in [0.717, 1.165) is 42.9 Å². The number of anilines is 2. The summed E-state index contributed by atoms with van der Waals surface area (Å²) < 4.78 is 0. The van der Waals surface area contributed by atoms with Crippen molar-refractivity contribution in [2.75, 3.05) is 17.2 Å². The molecule has 2 heterocycles. The Morgan fingerprint density at radius 2 is 2.28 bits per heavy atom. The van der Waals surface area contributed by atoms with Gasteiger partial charge in [0, 0.05) is 12.1 Å². The number of carbonyl (C=O) groups excluding carboxylic acids is 1. The molecule has 1 saturated carbocycles. The zero-order valence-corrected chi connectivity index (χ0v) is 10.9. The van der Waals surface area contributed by atoms with Gasteiger partial charge in [-0.05, 0) is 24.8 Å². The lowest BCUT2D eigenvalue weighted by Crippen LogP contribution is -2.40. The number of nitrogens with zero attached hydrogens (tertiary/aromatic N) is 1. The Morgan fingerprint density at radius 1 is 1.50 bits per heavy atom. The molecule has 1 aliphatic heterocycles. The standard InChI is InChI=1S/C14H19N3O/c1-9(2)7-15-10-6-11-12(16-8-10)17-13(18)14(11)4-3-5-14/h6,8-9,15H,3-5,7H2,1-2H3,(H,16,17,18). The van der Waals surface area contributed by atoms with Gasteiger partial charge in [-0.2, -0.15) is 0 Å². The molecule has 1 aliphatic carbocycles. The topological polar surface area (TPSA) is 54.0 Å². The fourth-order valence-corrected chi connectivity index (χ4v) is 2.72. The second kappa shape index (κ2) is 3.97. The van der Waals surface area contributed by atoms with E-state index in [-0.39, 0.29) is 11.3 Å². The van der Waals surface area contributed by atoms with Gasteiger partial charge in [-0.15, -0.1) is 0 Å². The number of hydrogen-bond donors (Lipinski definition) is 2. The molecular weight excluding hydrogens is 226 g/mol. The first-order valence-electron chi connectivity index (χ1n) is 6.68. The summed E-state index contributed by atoms with van der Waals surface area (Å²) in [7, 11) is 0. The Bertz CT molecular complexity index is 492. The molecule has 1 fully saturated rings. The molecular formula is C14H19N3O. The predicted octanol–water partition coefficient (Wildman–Crippen LogP) is 2.52. The van der Waals surface area contributed by atoms with Crippen molar-refractivity contribution in [3.8, 4) is 0 Å². The van der Waals surface area contributed by atoms with Crippen LogP contribution in [0.1, 0.15) is 38.7 Å². The van der Waals surface area contributed by atoms with Gasteiger partial charge in [0.05, 0.1) is 17.3 Å². The Kier molecular flexibility index (Phi) is 2.54. The highest BCUT2D eigenvalue weighted by molar-refractivity contribution is 6.06. The van der Waals surface area contributed by atoms with Gasteiger partial charge in [0.1, 0.15) is 5.82 Å². The molecule has 0 radical (unpaired) electrons. The number of hydrogen-bond acceptors (Lipinski definition) is 3. The van der Waals surface area contributed by atoms with Gasteiger partial charge in [0.25, 0.3) is 0 Å². The van der Waals surface area contributed by atoms with Crippen LogP contribution in [0.5, 0.6) is 0 Å². The average Bonchev–Trinajstić information content (AvgIpc) is 2.57. The first kappa shape index (κ1) is 11.5. The van der Waals surface area contributed by atoms with Gasteiger partial charge >= 0.3 is 0 Å². The Morgan fingerprint density at radius 3 is 2.89 bits per heavy atom. The van der Waals surface area contributed by atoms with E-state index in [1.165, 1.54) is 0 Å². The Hall–Kier alpha value is -1.58. The molecule has 1 aromatic rings. The molecule has 1 aromatic heterocycles. The molecule has 3 rings (SSSR count). The van der Waals surface area contributed by atoms with Crippen LogP contribution >= 0.6 is 0 Å². The maximum atomic E-state index is 12.0. The number of fused-ring (bicyclic) bond motifs is 2. The van der Waals surface area contributed by atoms with E-state index in [0.29, 0.717) is 5.92 Å². The van der Waals surface area contributed by atoms with Gasteiger partial charge in [0.15, 0.2) is 0 Å². The molecule has 18 heavy (non-hydrogen) atoms. The lowest BCUT2D eigenvalue weighted by molar-refractivity contribution is -0.123. The van der Waals surface area contributed by atoms with Gasteiger partial charge < -0.3 is 10.6 Å². The maximum absolute atomic E-state index is 12.0. The minimum absolute atomic E-state index is 0.136. The quantitative estimate of drug-likeness (QED) is 0.860. The van der Waals surface area contributed by atoms with Crippen LogP contribution in [0, 0.1) is 5.92 Å². The highest BCUT2D eigenvalue weighted by Crippen LogP contribution is 2.50. The molecule has 1 amide bonds. The zero-order chi connectivity index (χ0) is 12.8. The Balaban J connectivity index is 1.89. The zero-order valence-electron chi connectivity index (χ0n) is 10.9. The third-order valence-electron chi connectivity index (χ3n) is 3.99. The van der Waals surface area contributed by atoms with E-state index in [1.54, 1.807) is 6.20 Å². The van der Waals surface area contributed by atoms with Crippen molar-refractivity contribution in [1.82, 2.24) is 4.98 Å². The summed E-state index contributed by atoms with van der Waals surface area (Å²) in [6.07, 6.45) is 4.86. The minimum atomic E-state index is -0.266. The van der Waals surface area contributed by atoms with Crippen LogP contribution in [0.3, 0.4) is 0 Å². The predicted molar refractivity (Wildman–Crippen MR) is 71.7 cm³/mol. The summed E-state index contributed by atoms with van der Waals surface area (Å²) in [5, 5.41) is 6.28. The third-order valence-corrected chi connectivity index (χ3v) is 3.99. The third kappa shape index (κ3) is 1.59. The second-order valence-corrected chi connectivity index (χ2v) is 5.78. The molecule has 2 aliphatic rings. The normalized spacial score (nSPS) is 19.6. The number of carbonyl (C=O) groups is 1. The number of rotatable bonds is 3.